The Morgan fingerprint density at radius 3 is 2.58 bits per heavy atom. The summed E-state index contributed by atoms with van der Waals surface area (Å²) in [6.07, 6.45) is 6.54. The first-order chi connectivity index (χ1) is 17.6. The van der Waals surface area contributed by atoms with E-state index in [2.05, 4.69) is 40.5 Å². The van der Waals surface area contributed by atoms with Crippen molar-refractivity contribution in [2.24, 2.45) is 0 Å². The average Bonchev–Trinajstić information content (AvgIpc) is 3.50. The molecule has 3 aliphatic heterocycles. The van der Waals surface area contributed by atoms with Crippen LogP contribution < -0.4 is 10.1 Å². The molecule has 1 saturated carbocycles. The number of likely N-dealkylation sites (tertiary alicyclic amines) is 1. The van der Waals surface area contributed by atoms with Gasteiger partial charge in [0.25, 0.3) is 5.91 Å². The maximum atomic E-state index is 13.0. The van der Waals surface area contributed by atoms with E-state index in [1.165, 1.54) is 24.8 Å². The molecule has 188 valence electrons. The van der Waals surface area contributed by atoms with Gasteiger partial charge in [-0.25, -0.2) is 0 Å². The highest BCUT2D eigenvalue weighted by atomic mass is 16.5. The SMILES string of the molecule is O=C1CCC(N2Cc3cc(O[C@H]4CCCC[C@H]4N4CC[C@H](c5ccccc5)C4)ccc3C2=O)C(=O)N1. The molecule has 1 aliphatic carbocycles. The van der Waals surface area contributed by atoms with Gasteiger partial charge in [0.2, 0.25) is 11.8 Å². The molecule has 6 rings (SSSR count). The van der Waals surface area contributed by atoms with E-state index in [-0.39, 0.29) is 30.2 Å². The Morgan fingerprint density at radius 2 is 1.75 bits per heavy atom. The predicted molar refractivity (Wildman–Crippen MR) is 135 cm³/mol. The number of amides is 3. The zero-order valence-electron chi connectivity index (χ0n) is 20.5. The van der Waals surface area contributed by atoms with Crippen LogP contribution in [0.4, 0.5) is 0 Å². The van der Waals surface area contributed by atoms with Crippen LogP contribution in [0.2, 0.25) is 0 Å². The first kappa shape index (κ1) is 23.2. The lowest BCUT2D eigenvalue weighted by atomic mass is 9.91. The van der Waals surface area contributed by atoms with Gasteiger partial charge >= 0.3 is 0 Å². The molecule has 7 nitrogen and oxygen atoms in total. The van der Waals surface area contributed by atoms with Gasteiger partial charge < -0.3 is 9.64 Å². The van der Waals surface area contributed by atoms with Gasteiger partial charge in [-0.3, -0.25) is 24.6 Å². The first-order valence-electron chi connectivity index (χ1n) is 13.3. The molecule has 7 heteroatoms. The number of hydrogen-bond acceptors (Lipinski definition) is 5. The molecule has 2 aromatic rings. The molecular formula is C29H33N3O4. The number of carbonyl (C=O) groups is 3. The minimum Gasteiger partial charge on any atom is -0.489 e. The molecule has 0 aromatic heterocycles. The van der Waals surface area contributed by atoms with E-state index in [4.69, 9.17) is 4.74 Å². The van der Waals surface area contributed by atoms with Crippen molar-refractivity contribution in [2.75, 3.05) is 13.1 Å². The molecule has 4 atom stereocenters. The molecule has 0 spiro atoms. The number of carbonyl (C=O) groups excluding carboxylic acids is 3. The highest BCUT2D eigenvalue weighted by Gasteiger charge is 2.40. The summed E-state index contributed by atoms with van der Waals surface area (Å²) in [6.45, 7) is 2.55. The Bertz CT molecular complexity index is 1170. The van der Waals surface area contributed by atoms with Crippen LogP contribution in [0.5, 0.6) is 5.75 Å². The topological polar surface area (TPSA) is 79.0 Å². The molecule has 4 aliphatic rings. The summed E-state index contributed by atoms with van der Waals surface area (Å²) in [6, 6.07) is 16.3. The third-order valence-electron chi connectivity index (χ3n) is 8.41. The minimum absolute atomic E-state index is 0.134. The van der Waals surface area contributed by atoms with E-state index in [1.807, 2.05) is 18.2 Å². The molecule has 0 radical (unpaired) electrons. The van der Waals surface area contributed by atoms with Crippen LogP contribution in [-0.4, -0.2) is 58.8 Å². The van der Waals surface area contributed by atoms with Gasteiger partial charge in [0.05, 0.1) is 0 Å². The van der Waals surface area contributed by atoms with E-state index in [1.54, 1.807) is 4.90 Å². The number of nitrogens with one attached hydrogen (secondary N) is 1. The van der Waals surface area contributed by atoms with Crippen LogP contribution in [0.1, 0.15) is 72.3 Å². The van der Waals surface area contributed by atoms with Crippen molar-refractivity contribution in [1.82, 2.24) is 15.1 Å². The quantitative estimate of drug-likeness (QED) is 0.652. The van der Waals surface area contributed by atoms with Gasteiger partial charge in [-0.1, -0.05) is 36.8 Å². The molecule has 36 heavy (non-hydrogen) atoms. The Kier molecular flexibility index (Phi) is 6.25. The lowest BCUT2D eigenvalue weighted by molar-refractivity contribution is -0.136. The lowest BCUT2D eigenvalue weighted by Crippen LogP contribution is -2.52. The van der Waals surface area contributed by atoms with Crippen LogP contribution in [0.15, 0.2) is 48.5 Å². The lowest BCUT2D eigenvalue weighted by Gasteiger charge is -2.38. The van der Waals surface area contributed by atoms with Crippen LogP contribution in [0.3, 0.4) is 0 Å². The Labute approximate surface area is 211 Å². The summed E-state index contributed by atoms with van der Waals surface area (Å²) in [5.74, 6) is 0.575. The summed E-state index contributed by atoms with van der Waals surface area (Å²) >= 11 is 0. The van der Waals surface area contributed by atoms with Gasteiger partial charge in [0.1, 0.15) is 17.9 Å². The minimum atomic E-state index is -0.595. The molecule has 2 saturated heterocycles. The van der Waals surface area contributed by atoms with Crippen LogP contribution in [0, 0.1) is 0 Å². The van der Waals surface area contributed by atoms with Crippen molar-refractivity contribution < 1.29 is 19.1 Å². The van der Waals surface area contributed by atoms with Crippen LogP contribution >= 0.6 is 0 Å². The zero-order valence-corrected chi connectivity index (χ0v) is 20.5. The van der Waals surface area contributed by atoms with Crippen molar-refractivity contribution in [3.63, 3.8) is 0 Å². The van der Waals surface area contributed by atoms with E-state index in [0.717, 1.165) is 37.2 Å². The highest BCUT2D eigenvalue weighted by molar-refractivity contribution is 6.05. The fourth-order valence-corrected chi connectivity index (χ4v) is 6.52. The second-order valence-corrected chi connectivity index (χ2v) is 10.6. The van der Waals surface area contributed by atoms with Crippen molar-refractivity contribution in [1.29, 1.82) is 0 Å². The first-order valence-corrected chi connectivity index (χ1v) is 13.3. The van der Waals surface area contributed by atoms with Gasteiger partial charge in [0.15, 0.2) is 0 Å². The number of fused-ring (bicyclic) bond motifs is 1. The largest absolute Gasteiger partial charge is 0.489 e. The molecule has 3 amide bonds. The van der Waals surface area contributed by atoms with E-state index in [9.17, 15) is 14.4 Å². The van der Waals surface area contributed by atoms with Gasteiger partial charge in [-0.2, -0.15) is 0 Å². The number of rotatable bonds is 5. The summed E-state index contributed by atoms with van der Waals surface area (Å²) in [4.78, 5) is 41.1. The monoisotopic (exact) mass is 487 g/mol. The molecule has 1 N–H and O–H groups in total. The number of nitrogens with zero attached hydrogens (tertiary/aromatic N) is 2. The third-order valence-corrected chi connectivity index (χ3v) is 8.41. The third kappa shape index (κ3) is 4.41. The number of imide groups is 1. The summed E-state index contributed by atoms with van der Waals surface area (Å²) in [5.41, 5.74) is 2.94. The fourth-order valence-electron chi connectivity index (χ4n) is 6.52. The molecule has 2 aromatic carbocycles. The van der Waals surface area contributed by atoms with Gasteiger partial charge in [0, 0.05) is 31.1 Å². The summed E-state index contributed by atoms with van der Waals surface area (Å²) in [5, 5.41) is 2.36. The Balaban J connectivity index is 1.14. The van der Waals surface area contributed by atoms with E-state index < -0.39 is 6.04 Å². The highest BCUT2D eigenvalue weighted by Crippen LogP contribution is 2.36. The number of ether oxygens (including phenoxy) is 1. The zero-order chi connectivity index (χ0) is 24.6. The van der Waals surface area contributed by atoms with Crippen LogP contribution in [0.25, 0.3) is 0 Å². The smallest absolute Gasteiger partial charge is 0.255 e. The Morgan fingerprint density at radius 1 is 0.917 bits per heavy atom. The second kappa shape index (κ2) is 9.69. The maximum Gasteiger partial charge on any atom is 0.255 e. The summed E-state index contributed by atoms with van der Waals surface area (Å²) in [7, 11) is 0. The van der Waals surface area contributed by atoms with Gasteiger partial charge in [-0.15, -0.1) is 0 Å². The fraction of sp³-hybridized carbons (Fsp3) is 0.483. The molecular weight excluding hydrogens is 454 g/mol. The maximum absolute atomic E-state index is 13.0. The molecule has 3 fully saturated rings. The van der Waals surface area contributed by atoms with E-state index >= 15 is 0 Å². The number of piperidine rings is 1. The summed E-state index contributed by atoms with van der Waals surface area (Å²) < 4.78 is 6.60. The normalized spacial score (nSPS) is 28.8. The second-order valence-electron chi connectivity index (χ2n) is 10.6. The van der Waals surface area contributed by atoms with E-state index in [0.29, 0.717) is 30.5 Å². The Hall–Kier alpha value is -3.19. The van der Waals surface area contributed by atoms with Crippen LogP contribution in [-0.2, 0) is 16.1 Å². The number of benzene rings is 2. The molecule has 3 heterocycles. The number of hydrogen-bond donors (Lipinski definition) is 1. The van der Waals surface area contributed by atoms with Crippen molar-refractivity contribution in [3.05, 3.63) is 65.2 Å². The standard InChI is InChI=1S/C29H33N3O4/c33-27-13-12-25(28(34)30-27)32-18-21-16-22(10-11-23(21)29(32)35)36-26-9-5-4-8-24(26)31-15-14-20(17-31)19-6-2-1-3-7-19/h1-3,6-7,10-11,16,20,24-26H,4-5,8-9,12-15,17-18H2,(H,30,33,34)/t20-,24+,25?,26-/m0/s1. The molecule has 1 unspecified atom stereocenters. The van der Waals surface area contributed by atoms with Crippen molar-refractivity contribution >= 4 is 17.7 Å². The van der Waals surface area contributed by atoms with Crippen molar-refractivity contribution in [2.45, 2.75) is 75.6 Å². The molecule has 0 bridgehead atoms. The predicted octanol–water partition coefficient (Wildman–Crippen LogP) is 3.63. The van der Waals surface area contributed by atoms with Gasteiger partial charge in [-0.05, 0) is 73.9 Å². The van der Waals surface area contributed by atoms with Crippen molar-refractivity contribution in [3.8, 4) is 5.75 Å². The average molecular weight is 488 g/mol.